The Labute approximate surface area is 139 Å². The van der Waals surface area contributed by atoms with Crippen LogP contribution in [0.2, 0.25) is 0 Å². The van der Waals surface area contributed by atoms with Crippen molar-refractivity contribution in [3.05, 3.63) is 0 Å². The molecule has 0 radical (unpaired) electrons. The Kier molecular flexibility index (Phi) is 6.22. The average molecular weight is 370 g/mol. The summed E-state index contributed by atoms with van der Waals surface area (Å²) in [6, 6.07) is 0.0945. The van der Waals surface area contributed by atoms with Crippen LogP contribution in [0.15, 0.2) is 5.10 Å². The van der Waals surface area contributed by atoms with Crippen LogP contribution in [0.1, 0.15) is 33.6 Å². The highest BCUT2D eigenvalue weighted by Gasteiger charge is 2.57. The van der Waals surface area contributed by atoms with Crippen LogP contribution in [0.25, 0.3) is 0 Å². The fourth-order valence-electron chi connectivity index (χ4n) is 1.86. The van der Waals surface area contributed by atoms with E-state index in [1.165, 1.54) is 0 Å². The van der Waals surface area contributed by atoms with Gasteiger partial charge in [-0.2, -0.15) is 5.10 Å². The summed E-state index contributed by atoms with van der Waals surface area (Å²) in [5.41, 5.74) is 0. The van der Waals surface area contributed by atoms with Crippen LogP contribution in [0.5, 0.6) is 0 Å². The molecule has 112 valence electrons. The van der Waals surface area contributed by atoms with Crippen molar-refractivity contribution in [3.63, 3.8) is 0 Å². The van der Waals surface area contributed by atoms with Crippen molar-refractivity contribution in [2.45, 2.75) is 53.9 Å². The highest BCUT2D eigenvalue weighted by molar-refractivity contribution is 6.75. The number of hydrazone groups is 1. The maximum atomic E-state index is 6.34. The van der Waals surface area contributed by atoms with Crippen molar-refractivity contribution >= 4 is 64.3 Å². The van der Waals surface area contributed by atoms with Crippen LogP contribution >= 0.6 is 58.0 Å². The van der Waals surface area contributed by atoms with Crippen molar-refractivity contribution in [2.24, 2.45) is 5.10 Å². The minimum Gasteiger partial charge on any atom is -0.337 e. The summed E-state index contributed by atoms with van der Waals surface area (Å²) < 4.78 is -3.40. The lowest BCUT2D eigenvalue weighted by atomic mass is 10.2. The molecular weight excluding hydrogens is 351 g/mol. The van der Waals surface area contributed by atoms with Crippen molar-refractivity contribution in [1.29, 1.82) is 0 Å². The molecule has 0 aromatic carbocycles. The SMILES string of the molecule is CCCCN1C=NN(C(C)C)C1C(Cl)(Cl)C(Cl)(Cl)Cl. The third kappa shape index (κ3) is 3.88. The molecule has 19 heavy (non-hydrogen) atoms. The highest BCUT2D eigenvalue weighted by Crippen LogP contribution is 2.51. The summed E-state index contributed by atoms with van der Waals surface area (Å²) in [4.78, 5) is 1.92. The van der Waals surface area contributed by atoms with Gasteiger partial charge >= 0.3 is 0 Å². The van der Waals surface area contributed by atoms with Gasteiger partial charge in [-0.05, 0) is 20.3 Å². The molecule has 0 spiro atoms. The van der Waals surface area contributed by atoms with E-state index in [-0.39, 0.29) is 6.04 Å². The molecule has 0 amide bonds. The maximum Gasteiger partial charge on any atom is 0.227 e. The Balaban J connectivity index is 3.01. The van der Waals surface area contributed by atoms with Gasteiger partial charge in [-0.1, -0.05) is 71.3 Å². The van der Waals surface area contributed by atoms with Crippen LogP contribution in [0.3, 0.4) is 0 Å². The molecule has 8 heteroatoms. The molecule has 1 rings (SSSR count). The van der Waals surface area contributed by atoms with E-state index in [0.717, 1.165) is 19.4 Å². The van der Waals surface area contributed by atoms with Crippen LogP contribution in [-0.2, 0) is 0 Å². The van der Waals surface area contributed by atoms with Crippen LogP contribution < -0.4 is 0 Å². The molecule has 1 aliphatic rings. The Morgan fingerprint density at radius 1 is 1.21 bits per heavy atom. The van der Waals surface area contributed by atoms with E-state index in [2.05, 4.69) is 12.0 Å². The van der Waals surface area contributed by atoms with Crippen LogP contribution in [-0.4, -0.2) is 43.1 Å². The van der Waals surface area contributed by atoms with Crippen molar-refractivity contribution < 1.29 is 0 Å². The number of rotatable bonds is 5. The van der Waals surface area contributed by atoms with Crippen molar-refractivity contribution in [3.8, 4) is 0 Å². The zero-order valence-corrected chi connectivity index (χ0v) is 14.9. The molecule has 0 fully saturated rings. The summed E-state index contributed by atoms with van der Waals surface area (Å²) in [6.07, 6.45) is 3.23. The van der Waals surface area contributed by atoms with E-state index < -0.39 is 14.3 Å². The summed E-state index contributed by atoms with van der Waals surface area (Å²) in [7, 11) is 0. The smallest absolute Gasteiger partial charge is 0.227 e. The average Bonchev–Trinajstić information content (AvgIpc) is 2.68. The first-order valence-electron chi connectivity index (χ1n) is 6.15. The van der Waals surface area contributed by atoms with Gasteiger partial charge in [-0.25, -0.2) is 0 Å². The molecule has 0 aliphatic carbocycles. The molecule has 0 N–H and O–H groups in total. The predicted molar refractivity (Wildman–Crippen MR) is 85.6 cm³/mol. The molecular formula is C11H18Cl5N3. The zero-order chi connectivity index (χ0) is 14.8. The monoisotopic (exact) mass is 367 g/mol. The number of nitrogens with zero attached hydrogens (tertiary/aromatic N) is 3. The number of hydrogen-bond donors (Lipinski definition) is 0. The van der Waals surface area contributed by atoms with Crippen LogP contribution in [0.4, 0.5) is 0 Å². The van der Waals surface area contributed by atoms with Gasteiger partial charge in [0.1, 0.15) is 6.34 Å². The minimum atomic E-state index is -1.81. The standard InChI is InChI=1S/C11H18Cl5N3/c1-4-5-6-18-7-17-19(8(2)3)9(18)10(12,13)11(14,15)16/h7-9H,4-6H2,1-3H3. The van der Waals surface area contributed by atoms with Crippen molar-refractivity contribution in [2.75, 3.05) is 6.54 Å². The predicted octanol–water partition coefficient (Wildman–Crippen LogP) is 4.63. The molecule has 0 saturated carbocycles. The first-order valence-corrected chi connectivity index (χ1v) is 8.04. The molecule has 0 bridgehead atoms. The largest absolute Gasteiger partial charge is 0.337 e. The summed E-state index contributed by atoms with van der Waals surface area (Å²) in [6.45, 7) is 6.83. The van der Waals surface area contributed by atoms with Crippen LogP contribution in [0, 0.1) is 0 Å². The van der Waals surface area contributed by atoms with E-state index >= 15 is 0 Å². The van der Waals surface area contributed by atoms with Crippen molar-refractivity contribution in [1.82, 2.24) is 9.91 Å². The van der Waals surface area contributed by atoms with Gasteiger partial charge in [-0.15, -0.1) is 0 Å². The topological polar surface area (TPSA) is 18.8 Å². The Morgan fingerprint density at radius 2 is 1.79 bits per heavy atom. The van der Waals surface area contributed by atoms with E-state index in [1.807, 2.05) is 18.7 Å². The third-order valence-corrected chi connectivity index (χ3v) is 5.33. The fraction of sp³-hybridized carbons (Fsp3) is 0.909. The van der Waals surface area contributed by atoms with E-state index in [0.29, 0.717) is 0 Å². The molecule has 0 aromatic rings. The second-order valence-electron chi connectivity index (χ2n) is 4.79. The summed E-state index contributed by atoms with van der Waals surface area (Å²) in [5.74, 6) is 0. The lowest BCUT2D eigenvalue weighted by Crippen LogP contribution is -2.58. The molecule has 1 unspecified atom stereocenters. The Morgan fingerprint density at radius 3 is 2.21 bits per heavy atom. The summed E-state index contributed by atoms with van der Waals surface area (Å²) in [5, 5.41) is 6.08. The zero-order valence-electron chi connectivity index (χ0n) is 11.1. The maximum absolute atomic E-state index is 6.34. The molecule has 3 nitrogen and oxygen atoms in total. The number of hydrogen-bond acceptors (Lipinski definition) is 3. The number of unbranched alkanes of at least 4 members (excludes halogenated alkanes) is 1. The second kappa shape index (κ2) is 6.65. The Bertz CT molecular complexity index is 327. The summed E-state index contributed by atoms with van der Waals surface area (Å²) >= 11 is 30.5. The number of alkyl halides is 5. The lowest BCUT2D eigenvalue weighted by Gasteiger charge is -2.42. The highest BCUT2D eigenvalue weighted by atomic mass is 35.6. The molecule has 0 aromatic heterocycles. The van der Waals surface area contributed by atoms with Gasteiger partial charge < -0.3 is 4.90 Å². The quantitative estimate of drug-likeness (QED) is 0.658. The van der Waals surface area contributed by atoms with E-state index in [9.17, 15) is 0 Å². The minimum absolute atomic E-state index is 0.0945. The van der Waals surface area contributed by atoms with Gasteiger partial charge in [0.25, 0.3) is 0 Å². The normalized spacial score (nSPS) is 20.8. The van der Waals surface area contributed by atoms with Gasteiger partial charge in [0, 0.05) is 12.6 Å². The lowest BCUT2D eigenvalue weighted by molar-refractivity contribution is 0.0856. The van der Waals surface area contributed by atoms with Gasteiger partial charge in [0.05, 0.1) is 0 Å². The first-order chi connectivity index (χ1) is 8.63. The van der Waals surface area contributed by atoms with E-state index in [4.69, 9.17) is 58.0 Å². The number of halogens is 5. The first kappa shape index (κ1) is 17.8. The molecule has 0 saturated heterocycles. The van der Waals surface area contributed by atoms with E-state index in [1.54, 1.807) is 11.3 Å². The van der Waals surface area contributed by atoms with Gasteiger partial charge in [-0.3, -0.25) is 5.01 Å². The Hall–Kier alpha value is 0.720. The van der Waals surface area contributed by atoms with Gasteiger partial charge in [0.15, 0.2) is 6.17 Å². The molecule has 1 atom stereocenters. The fourth-order valence-corrected chi connectivity index (χ4v) is 2.60. The molecule has 1 aliphatic heterocycles. The molecule has 1 heterocycles. The third-order valence-electron chi connectivity index (χ3n) is 2.90. The second-order valence-corrected chi connectivity index (χ2v) is 8.46. The van der Waals surface area contributed by atoms with Gasteiger partial charge in [0.2, 0.25) is 8.13 Å².